The van der Waals surface area contributed by atoms with Gasteiger partial charge in [-0.25, -0.2) is 0 Å². The Hall–Kier alpha value is -1.29. The molecule has 0 aliphatic heterocycles. The molecule has 4 heteroatoms. The molecule has 21 heavy (non-hydrogen) atoms. The van der Waals surface area contributed by atoms with E-state index < -0.39 is 0 Å². The maximum atomic E-state index is 12.8. The fourth-order valence-corrected chi connectivity index (χ4v) is 2.76. The number of nitrogens with zero attached hydrogens (tertiary/aromatic N) is 1. The minimum Gasteiger partial charge on any atom is -0.464 e. The van der Waals surface area contributed by atoms with Gasteiger partial charge < -0.3 is 15.1 Å². The zero-order valence-corrected chi connectivity index (χ0v) is 13.7. The quantitative estimate of drug-likeness (QED) is 0.876. The van der Waals surface area contributed by atoms with Crippen LogP contribution >= 0.6 is 0 Å². The average Bonchev–Trinajstić information content (AvgIpc) is 3.15. The van der Waals surface area contributed by atoms with Crippen LogP contribution in [0.25, 0.3) is 0 Å². The van der Waals surface area contributed by atoms with Gasteiger partial charge in [-0.15, -0.1) is 0 Å². The van der Waals surface area contributed by atoms with Crippen LogP contribution in [0, 0.1) is 18.3 Å². The summed E-state index contributed by atoms with van der Waals surface area (Å²) in [5.41, 5.74) is 5.97. The summed E-state index contributed by atoms with van der Waals surface area (Å²) >= 11 is 0. The third kappa shape index (κ3) is 4.60. The molecule has 1 aliphatic rings. The predicted octanol–water partition coefficient (Wildman–Crippen LogP) is 3.09. The summed E-state index contributed by atoms with van der Waals surface area (Å²) in [6.45, 7) is 9.37. The maximum Gasteiger partial charge on any atom is 0.227 e. The number of carbonyl (C=O) groups excluding carboxylic acids is 1. The molecule has 0 bridgehead atoms. The lowest BCUT2D eigenvalue weighted by Gasteiger charge is -2.30. The zero-order valence-electron chi connectivity index (χ0n) is 13.7. The lowest BCUT2D eigenvalue weighted by atomic mass is 9.84. The van der Waals surface area contributed by atoms with E-state index in [2.05, 4.69) is 20.8 Å². The molecule has 1 amide bonds. The summed E-state index contributed by atoms with van der Waals surface area (Å²) in [4.78, 5) is 14.8. The molecule has 2 rings (SSSR count). The molecular formula is C17H28N2O2. The SMILES string of the molecule is Cc1ccc(CN(C(=O)C(CN)CC(C)(C)C)C2CC2)o1. The number of hydrogen-bond acceptors (Lipinski definition) is 3. The van der Waals surface area contributed by atoms with Crippen molar-refractivity contribution in [3.05, 3.63) is 23.7 Å². The molecule has 2 N–H and O–H groups in total. The first-order valence-corrected chi connectivity index (χ1v) is 7.86. The number of hydrogen-bond donors (Lipinski definition) is 1. The Labute approximate surface area is 127 Å². The summed E-state index contributed by atoms with van der Waals surface area (Å²) in [5, 5.41) is 0. The number of aryl methyl sites for hydroxylation is 1. The minimum atomic E-state index is -0.0957. The van der Waals surface area contributed by atoms with Crippen molar-refractivity contribution in [1.29, 1.82) is 0 Å². The molecule has 1 aromatic heterocycles. The van der Waals surface area contributed by atoms with Gasteiger partial charge in [0.15, 0.2) is 0 Å². The highest BCUT2D eigenvalue weighted by atomic mass is 16.3. The van der Waals surface area contributed by atoms with E-state index >= 15 is 0 Å². The van der Waals surface area contributed by atoms with Gasteiger partial charge >= 0.3 is 0 Å². The van der Waals surface area contributed by atoms with Crippen molar-refractivity contribution < 1.29 is 9.21 Å². The third-order valence-corrected chi connectivity index (χ3v) is 3.89. The lowest BCUT2D eigenvalue weighted by molar-refractivity contribution is -0.137. The average molecular weight is 292 g/mol. The Morgan fingerprint density at radius 2 is 2.10 bits per heavy atom. The van der Waals surface area contributed by atoms with Gasteiger partial charge in [0.2, 0.25) is 5.91 Å². The van der Waals surface area contributed by atoms with E-state index in [1.54, 1.807) is 0 Å². The molecule has 0 saturated heterocycles. The fourth-order valence-electron chi connectivity index (χ4n) is 2.76. The van der Waals surface area contributed by atoms with E-state index in [0.717, 1.165) is 30.8 Å². The summed E-state index contributed by atoms with van der Waals surface area (Å²) in [6.07, 6.45) is 3.01. The Morgan fingerprint density at radius 3 is 2.52 bits per heavy atom. The van der Waals surface area contributed by atoms with Gasteiger partial charge in [-0.2, -0.15) is 0 Å². The predicted molar refractivity (Wildman–Crippen MR) is 83.6 cm³/mol. The molecule has 1 unspecified atom stereocenters. The highest BCUT2D eigenvalue weighted by Crippen LogP contribution is 2.32. The lowest BCUT2D eigenvalue weighted by Crippen LogP contribution is -2.41. The number of nitrogens with two attached hydrogens (primary N) is 1. The van der Waals surface area contributed by atoms with Crippen LogP contribution in [0.1, 0.15) is 51.6 Å². The van der Waals surface area contributed by atoms with Crippen LogP contribution in [0.2, 0.25) is 0 Å². The van der Waals surface area contributed by atoms with Crippen molar-refractivity contribution in [3.63, 3.8) is 0 Å². The molecular weight excluding hydrogens is 264 g/mol. The second-order valence-corrected chi connectivity index (χ2v) is 7.41. The first-order valence-electron chi connectivity index (χ1n) is 7.86. The van der Waals surface area contributed by atoms with E-state index in [-0.39, 0.29) is 17.2 Å². The smallest absolute Gasteiger partial charge is 0.227 e. The van der Waals surface area contributed by atoms with E-state index in [1.165, 1.54) is 0 Å². The monoisotopic (exact) mass is 292 g/mol. The molecule has 1 atom stereocenters. The van der Waals surface area contributed by atoms with Crippen LogP contribution in [0.4, 0.5) is 0 Å². The molecule has 1 heterocycles. The van der Waals surface area contributed by atoms with Gasteiger partial charge in [-0.3, -0.25) is 4.79 Å². The van der Waals surface area contributed by atoms with Crippen LogP contribution in [0.5, 0.6) is 0 Å². The van der Waals surface area contributed by atoms with Crippen molar-refractivity contribution in [2.45, 2.75) is 59.5 Å². The Morgan fingerprint density at radius 1 is 1.43 bits per heavy atom. The molecule has 1 saturated carbocycles. The van der Waals surface area contributed by atoms with Crippen molar-refractivity contribution in [1.82, 2.24) is 4.90 Å². The van der Waals surface area contributed by atoms with E-state index in [1.807, 2.05) is 24.0 Å². The van der Waals surface area contributed by atoms with Gasteiger partial charge in [-0.1, -0.05) is 20.8 Å². The van der Waals surface area contributed by atoms with Crippen LogP contribution in [-0.2, 0) is 11.3 Å². The fraction of sp³-hybridized carbons (Fsp3) is 0.706. The summed E-state index contributed by atoms with van der Waals surface area (Å²) < 4.78 is 5.63. The van der Waals surface area contributed by atoms with Crippen LogP contribution < -0.4 is 5.73 Å². The molecule has 0 radical (unpaired) electrons. The van der Waals surface area contributed by atoms with Crippen LogP contribution in [0.15, 0.2) is 16.5 Å². The van der Waals surface area contributed by atoms with Crippen LogP contribution in [-0.4, -0.2) is 23.4 Å². The van der Waals surface area contributed by atoms with Crippen molar-refractivity contribution >= 4 is 5.91 Å². The van der Waals surface area contributed by atoms with Crippen molar-refractivity contribution in [3.8, 4) is 0 Å². The molecule has 0 aromatic carbocycles. The minimum absolute atomic E-state index is 0.0957. The maximum absolute atomic E-state index is 12.8. The third-order valence-electron chi connectivity index (χ3n) is 3.89. The van der Waals surface area contributed by atoms with E-state index in [9.17, 15) is 4.79 Å². The second-order valence-electron chi connectivity index (χ2n) is 7.41. The molecule has 118 valence electrons. The van der Waals surface area contributed by atoms with Gasteiger partial charge in [0.1, 0.15) is 11.5 Å². The van der Waals surface area contributed by atoms with Crippen LogP contribution in [0.3, 0.4) is 0 Å². The number of furan rings is 1. The van der Waals surface area contributed by atoms with Gasteiger partial charge in [0.05, 0.1) is 12.5 Å². The highest BCUT2D eigenvalue weighted by Gasteiger charge is 2.37. The number of amides is 1. The number of rotatable bonds is 6. The molecule has 0 spiro atoms. The van der Waals surface area contributed by atoms with Crippen molar-refractivity contribution in [2.24, 2.45) is 17.1 Å². The van der Waals surface area contributed by atoms with E-state index in [0.29, 0.717) is 19.1 Å². The Balaban J connectivity index is 2.07. The highest BCUT2D eigenvalue weighted by molar-refractivity contribution is 5.79. The molecule has 1 fully saturated rings. The zero-order chi connectivity index (χ0) is 15.6. The number of carbonyl (C=O) groups is 1. The van der Waals surface area contributed by atoms with Gasteiger partial charge in [-0.05, 0) is 43.7 Å². The first-order chi connectivity index (χ1) is 9.80. The summed E-state index contributed by atoms with van der Waals surface area (Å²) in [7, 11) is 0. The molecule has 1 aromatic rings. The Bertz CT molecular complexity index is 483. The topological polar surface area (TPSA) is 59.5 Å². The van der Waals surface area contributed by atoms with Crippen molar-refractivity contribution in [2.75, 3.05) is 6.54 Å². The van der Waals surface area contributed by atoms with Gasteiger partial charge in [0.25, 0.3) is 0 Å². The normalized spacial score (nSPS) is 16.8. The first kappa shape index (κ1) is 16.1. The standard InChI is InChI=1S/C17H28N2O2/c1-12-5-8-15(21-12)11-19(14-6-7-14)16(20)13(10-18)9-17(2,3)4/h5,8,13-14H,6-7,9-11,18H2,1-4H3. The summed E-state index contributed by atoms with van der Waals surface area (Å²) in [6, 6.07) is 4.27. The van der Waals surface area contributed by atoms with Gasteiger partial charge in [0, 0.05) is 12.6 Å². The van der Waals surface area contributed by atoms with E-state index in [4.69, 9.17) is 10.2 Å². The molecule has 1 aliphatic carbocycles. The second kappa shape index (κ2) is 6.22. The largest absolute Gasteiger partial charge is 0.464 e. The summed E-state index contributed by atoms with van der Waals surface area (Å²) in [5.74, 6) is 1.84. The molecule has 4 nitrogen and oxygen atoms in total. The Kier molecular flexibility index (Phi) is 4.77.